The predicted octanol–water partition coefficient (Wildman–Crippen LogP) is 6.90. The van der Waals surface area contributed by atoms with Gasteiger partial charge in [-0.2, -0.15) is 5.26 Å². The number of hydrogen-bond acceptors (Lipinski definition) is 6. The van der Waals surface area contributed by atoms with Gasteiger partial charge in [0, 0.05) is 37.6 Å². The molecule has 0 saturated carbocycles. The third-order valence-corrected chi connectivity index (χ3v) is 7.15. The van der Waals surface area contributed by atoms with Crippen LogP contribution in [0.4, 0.5) is 0 Å². The van der Waals surface area contributed by atoms with Gasteiger partial charge in [0.2, 0.25) is 0 Å². The highest BCUT2D eigenvalue weighted by Gasteiger charge is 2.11. The zero-order valence-electron chi connectivity index (χ0n) is 24.1. The minimum atomic E-state index is 0.0486. The van der Waals surface area contributed by atoms with E-state index in [1.165, 1.54) is 16.7 Å². The van der Waals surface area contributed by atoms with E-state index in [-0.39, 0.29) is 12.4 Å². The van der Waals surface area contributed by atoms with Crippen molar-refractivity contribution in [1.29, 1.82) is 5.26 Å². The summed E-state index contributed by atoms with van der Waals surface area (Å²) in [5, 5.41) is 21.6. The monoisotopic (exact) mass is 562 g/mol. The van der Waals surface area contributed by atoms with Gasteiger partial charge in [-0.3, -0.25) is 4.79 Å². The quantitative estimate of drug-likeness (QED) is 0.144. The van der Waals surface area contributed by atoms with Crippen molar-refractivity contribution in [3.05, 3.63) is 119 Å². The summed E-state index contributed by atoms with van der Waals surface area (Å²) in [5.74, 6) is 1.59. The maximum Gasteiger partial charge on any atom is 0.133 e. The van der Waals surface area contributed by atoms with Crippen LogP contribution >= 0.6 is 0 Å². The molecule has 0 spiro atoms. The first-order valence-electron chi connectivity index (χ1n) is 14.4. The van der Waals surface area contributed by atoms with Crippen molar-refractivity contribution in [2.24, 2.45) is 0 Å². The molecule has 0 aliphatic heterocycles. The van der Waals surface area contributed by atoms with Crippen molar-refractivity contribution in [1.82, 2.24) is 5.32 Å². The molecule has 42 heavy (non-hydrogen) atoms. The predicted molar refractivity (Wildman–Crippen MR) is 165 cm³/mol. The Hall–Kier alpha value is -4.44. The number of aliphatic hydroxyl groups excluding tert-OH is 1. The van der Waals surface area contributed by atoms with E-state index < -0.39 is 0 Å². The normalized spacial score (nSPS) is 10.7. The van der Waals surface area contributed by atoms with Gasteiger partial charge in [0.1, 0.15) is 30.5 Å². The van der Waals surface area contributed by atoms with Crippen molar-refractivity contribution >= 4 is 5.78 Å². The number of carbonyl (C=O) groups excluding carboxylic acids is 1. The number of benzene rings is 4. The summed E-state index contributed by atoms with van der Waals surface area (Å²) in [6.45, 7) is 4.20. The number of Topliss-reactive ketones (excluding diaryl/α,β-unsaturated/α-hetero) is 1. The maximum atomic E-state index is 11.9. The SMILES string of the molecule is Cc1c(COc2ccc(CNCCCC(=O)CCCO)c(OCc3cccc(C#N)c3)c2)cccc1-c1ccccc1. The average molecular weight is 563 g/mol. The molecule has 0 aliphatic carbocycles. The molecule has 0 aromatic heterocycles. The second-order valence-electron chi connectivity index (χ2n) is 10.3. The number of nitriles is 1. The first-order chi connectivity index (χ1) is 20.6. The molecule has 0 amide bonds. The number of carbonyl (C=O) groups is 1. The fourth-order valence-corrected chi connectivity index (χ4v) is 4.76. The molecule has 0 aliphatic rings. The van der Waals surface area contributed by atoms with Gasteiger partial charge in [0.15, 0.2) is 0 Å². The van der Waals surface area contributed by atoms with Crippen LogP contribution in [0.5, 0.6) is 11.5 Å². The van der Waals surface area contributed by atoms with Gasteiger partial charge in [-0.1, -0.05) is 66.7 Å². The molecule has 0 bridgehead atoms. The number of hydrogen-bond donors (Lipinski definition) is 2. The van der Waals surface area contributed by atoms with Crippen LogP contribution in [0.25, 0.3) is 11.1 Å². The zero-order chi connectivity index (χ0) is 29.6. The molecule has 6 heteroatoms. The Labute approximate surface area is 248 Å². The molecule has 0 radical (unpaired) electrons. The lowest BCUT2D eigenvalue weighted by Crippen LogP contribution is -2.16. The van der Waals surface area contributed by atoms with Crippen molar-refractivity contribution in [3.63, 3.8) is 0 Å². The fraction of sp³-hybridized carbons (Fsp3) is 0.278. The van der Waals surface area contributed by atoms with Crippen molar-refractivity contribution < 1.29 is 19.4 Å². The van der Waals surface area contributed by atoms with Crippen molar-refractivity contribution in [2.45, 2.75) is 52.4 Å². The summed E-state index contributed by atoms with van der Waals surface area (Å²) in [6, 6.07) is 32.1. The molecule has 0 unspecified atom stereocenters. The Kier molecular flexibility index (Phi) is 11.7. The molecular formula is C36H38N2O4. The minimum Gasteiger partial charge on any atom is -0.489 e. The first kappa shape index (κ1) is 30.5. The van der Waals surface area contributed by atoms with Crippen LogP contribution in [-0.4, -0.2) is 24.0 Å². The lowest BCUT2D eigenvalue weighted by molar-refractivity contribution is -0.119. The molecule has 0 saturated heterocycles. The smallest absolute Gasteiger partial charge is 0.133 e. The highest BCUT2D eigenvalue weighted by atomic mass is 16.5. The fourth-order valence-electron chi connectivity index (χ4n) is 4.76. The Bertz CT molecular complexity index is 1490. The number of rotatable bonds is 16. The minimum absolute atomic E-state index is 0.0486. The second-order valence-corrected chi connectivity index (χ2v) is 10.3. The topological polar surface area (TPSA) is 91.6 Å². The zero-order valence-corrected chi connectivity index (χ0v) is 24.1. The summed E-state index contributed by atoms with van der Waals surface area (Å²) < 4.78 is 12.5. The van der Waals surface area contributed by atoms with Gasteiger partial charge < -0.3 is 19.9 Å². The molecular weight excluding hydrogens is 524 g/mol. The number of ketones is 1. The lowest BCUT2D eigenvalue weighted by atomic mass is 9.97. The van der Waals surface area contributed by atoms with E-state index in [4.69, 9.17) is 14.6 Å². The van der Waals surface area contributed by atoms with Crippen molar-refractivity contribution in [2.75, 3.05) is 13.2 Å². The van der Waals surface area contributed by atoms with E-state index in [9.17, 15) is 10.1 Å². The van der Waals surface area contributed by atoms with Crippen LogP contribution in [-0.2, 0) is 24.6 Å². The molecule has 4 aromatic carbocycles. The Balaban J connectivity index is 1.43. The molecule has 0 heterocycles. The van der Waals surface area contributed by atoms with Crippen LogP contribution < -0.4 is 14.8 Å². The molecule has 6 nitrogen and oxygen atoms in total. The van der Waals surface area contributed by atoms with Crippen LogP contribution in [0.2, 0.25) is 0 Å². The molecule has 2 N–H and O–H groups in total. The molecule has 4 aromatic rings. The second kappa shape index (κ2) is 16.1. The highest BCUT2D eigenvalue weighted by molar-refractivity contribution is 5.78. The molecule has 216 valence electrons. The molecule has 4 rings (SSSR count). The van der Waals surface area contributed by atoms with Gasteiger partial charge >= 0.3 is 0 Å². The number of nitrogens with one attached hydrogen (secondary N) is 1. The number of nitrogens with zero attached hydrogens (tertiary/aromatic N) is 1. The van der Waals surface area contributed by atoms with E-state index in [1.54, 1.807) is 6.07 Å². The van der Waals surface area contributed by atoms with E-state index in [2.05, 4.69) is 48.6 Å². The van der Waals surface area contributed by atoms with Gasteiger partial charge in [-0.25, -0.2) is 0 Å². The van der Waals surface area contributed by atoms with Gasteiger partial charge in [0.25, 0.3) is 0 Å². The first-order valence-corrected chi connectivity index (χ1v) is 14.4. The maximum absolute atomic E-state index is 11.9. The summed E-state index contributed by atoms with van der Waals surface area (Å²) in [6.07, 6.45) is 2.20. The van der Waals surface area contributed by atoms with Gasteiger partial charge in [-0.05, 0) is 72.3 Å². The van der Waals surface area contributed by atoms with E-state index in [0.29, 0.717) is 62.6 Å². The lowest BCUT2D eigenvalue weighted by Gasteiger charge is -2.16. The van der Waals surface area contributed by atoms with E-state index in [1.807, 2.05) is 54.6 Å². The Morgan fingerprint density at radius 1 is 0.857 bits per heavy atom. The molecule has 0 fully saturated rings. The number of ether oxygens (including phenoxy) is 2. The summed E-state index contributed by atoms with van der Waals surface area (Å²) >= 11 is 0. The van der Waals surface area contributed by atoms with Crippen LogP contribution in [0.3, 0.4) is 0 Å². The Morgan fingerprint density at radius 2 is 1.67 bits per heavy atom. The largest absolute Gasteiger partial charge is 0.489 e. The van der Waals surface area contributed by atoms with Crippen LogP contribution in [0.15, 0.2) is 91.0 Å². The summed E-state index contributed by atoms with van der Waals surface area (Å²) in [5.41, 5.74) is 7.16. The third kappa shape index (κ3) is 9.04. The van der Waals surface area contributed by atoms with Gasteiger partial charge in [-0.15, -0.1) is 0 Å². The van der Waals surface area contributed by atoms with Crippen LogP contribution in [0, 0.1) is 18.3 Å². The molecule has 0 atom stereocenters. The standard InChI is InChI=1S/C36H38N2O4/c1-27-32(13-6-16-35(27)30-11-3-2-4-12-30)26-41-34-18-17-31(24-38-19-7-14-33(40)15-8-20-39)36(22-34)42-25-29-10-5-9-28(21-29)23-37/h2-6,9-13,16-18,21-22,38-39H,7-8,14-15,19-20,24-26H2,1H3. The average Bonchev–Trinajstić information content (AvgIpc) is 3.03. The Morgan fingerprint density at radius 3 is 2.48 bits per heavy atom. The summed E-state index contributed by atoms with van der Waals surface area (Å²) in [4.78, 5) is 11.9. The third-order valence-electron chi connectivity index (χ3n) is 7.15. The van der Waals surface area contributed by atoms with Crippen LogP contribution in [0.1, 0.15) is 53.5 Å². The highest BCUT2D eigenvalue weighted by Crippen LogP contribution is 2.29. The van der Waals surface area contributed by atoms with Gasteiger partial charge in [0.05, 0.1) is 11.6 Å². The summed E-state index contributed by atoms with van der Waals surface area (Å²) in [7, 11) is 0. The number of aliphatic hydroxyl groups is 1. The van der Waals surface area contributed by atoms with Crippen molar-refractivity contribution in [3.8, 4) is 28.7 Å². The van der Waals surface area contributed by atoms with E-state index >= 15 is 0 Å². The van der Waals surface area contributed by atoms with E-state index in [0.717, 1.165) is 23.1 Å².